The normalized spacial score (nSPS) is 12.1. The summed E-state index contributed by atoms with van der Waals surface area (Å²) in [6.07, 6.45) is -3.22. The third-order valence-corrected chi connectivity index (χ3v) is 6.56. The molecule has 2 aromatic heterocycles. The number of benzene rings is 2. The fourth-order valence-electron chi connectivity index (χ4n) is 2.82. The lowest BCUT2D eigenvalue weighted by atomic mass is 10.2. The second-order valence-corrected chi connectivity index (χ2v) is 9.02. The number of rotatable bonds is 5. The summed E-state index contributed by atoms with van der Waals surface area (Å²) in [7, 11) is -4.50. The molecule has 0 saturated carbocycles. The van der Waals surface area contributed by atoms with Gasteiger partial charge in [-0.15, -0.1) is 0 Å². The molecule has 0 atom stereocenters. The number of nitrogens with zero attached hydrogens (tertiary/aromatic N) is 1. The van der Waals surface area contributed by atoms with Crippen LogP contribution < -0.4 is 10.0 Å². The number of alkyl halides is 3. The van der Waals surface area contributed by atoms with Crippen molar-refractivity contribution in [3.63, 3.8) is 0 Å². The Labute approximate surface area is 178 Å². The highest BCUT2D eigenvalue weighted by atomic mass is 32.2. The molecule has 0 unspecified atom stereocenters. The van der Waals surface area contributed by atoms with Crippen LogP contribution in [0.3, 0.4) is 0 Å². The number of carbonyl (C=O) groups excluding carboxylic acids is 1. The molecule has 3 N–H and O–H groups in total. The summed E-state index contributed by atoms with van der Waals surface area (Å²) >= 11 is 1.09. The first kappa shape index (κ1) is 20.9. The lowest BCUT2D eigenvalue weighted by molar-refractivity contribution is -0.139. The van der Waals surface area contributed by atoms with Gasteiger partial charge in [-0.3, -0.25) is 14.8 Å². The van der Waals surface area contributed by atoms with Crippen LogP contribution in [0.1, 0.15) is 16.1 Å². The van der Waals surface area contributed by atoms with Crippen LogP contribution in [0.15, 0.2) is 65.7 Å². The maximum Gasteiger partial charge on any atom is 0.417 e. The monoisotopic (exact) mass is 466 g/mol. The second-order valence-electron chi connectivity index (χ2n) is 6.34. The van der Waals surface area contributed by atoms with E-state index in [0.717, 1.165) is 23.5 Å². The largest absolute Gasteiger partial charge is 0.417 e. The number of H-pyrrole nitrogens is 1. The molecule has 12 heteroatoms. The highest BCUT2D eigenvalue weighted by molar-refractivity contribution is 7.92. The number of amides is 1. The van der Waals surface area contributed by atoms with Gasteiger partial charge >= 0.3 is 6.18 Å². The molecule has 4 rings (SSSR count). The third kappa shape index (κ3) is 4.39. The van der Waals surface area contributed by atoms with Crippen molar-refractivity contribution in [1.29, 1.82) is 0 Å². The van der Waals surface area contributed by atoms with Crippen LogP contribution in [0.5, 0.6) is 0 Å². The summed E-state index contributed by atoms with van der Waals surface area (Å²) in [5, 5.41) is 2.91. The number of halogens is 3. The Kier molecular flexibility index (Phi) is 5.19. The number of hydrogen-bond donors (Lipinski definition) is 3. The number of nitrogens with one attached hydrogen (secondary N) is 3. The van der Waals surface area contributed by atoms with Crippen molar-refractivity contribution in [2.75, 3.05) is 10.0 Å². The average molecular weight is 466 g/mol. The minimum absolute atomic E-state index is 0.0652. The number of fused-ring (bicyclic) bond motifs is 1. The van der Waals surface area contributed by atoms with Crippen LogP contribution in [0.2, 0.25) is 0 Å². The summed E-state index contributed by atoms with van der Waals surface area (Å²) < 4.78 is 67.5. The molecule has 0 aliphatic rings. The predicted octanol–water partition coefficient (Wildman–Crippen LogP) is 4.70. The van der Waals surface area contributed by atoms with Gasteiger partial charge in [-0.25, -0.2) is 13.4 Å². The van der Waals surface area contributed by atoms with Gasteiger partial charge in [0.1, 0.15) is 5.69 Å². The summed E-state index contributed by atoms with van der Waals surface area (Å²) in [6.45, 7) is 0. The van der Waals surface area contributed by atoms with E-state index in [1.54, 1.807) is 18.3 Å². The van der Waals surface area contributed by atoms with Crippen molar-refractivity contribution in [1.82, 2.24) is 9.97 Å². The van der Waals surface area contributed by atoms with Crippen molar-refractivity contribution >= 4 is 48.3 Å². The fraction of sp³-hybridized carbons (Fsp3) is 0.0526. The van der Waals surface area contributed by atoms with Gasteiger partial charge in [0.05, 0.1) is 26.4 Å². The molecule has 0 aliphatic heterocycles. The highest BCUT2D eigenvalue weighted by Gasteiger charge is 2.36. The zero-order chi connectivity index (χ0) is 22.2. The van der Waals surface area contributed by atoms with Crippen LogP contribution in [0.4, 0.5) is 24.0 Å². The highest BCUT2D eigenvalue weighted by Crippen LogP contribution is 2.35. The van der Waals surface area contributed by atoms with Gasteiger partial charge < -0.3 is 4.98 Å². The number of sulfonamides is 1. The fourth-order valence-corrected chi connectivity index (χ4v) is 5.00. The van der Waals surface area contributed by atoms with Gasteiger partial charge in [0.15, 0.2) is 5.13 Å². The Bertz CT molecular complexity index is 1360. The predicted molar refractivity (Wildman–Crippen MR) is 111 cm³/mol. The molecule has 2 aromatic carbocycles. The number of anilines is 2. The zero-order valence-corrected chi connectivity index (χ0v) is 17.0. The van der Waals surface area contributed by atoms with Gasteiger partial charge in [-0.2, -0.15) is 13.2 Å². The van der Waals surface area contributed by atoms with E-state index in [2.05, 4.69) is 20.0 Å². The molecule has 4 aromatic rings. The SMILES string of the molecule is O=C(Nc1nc2ccc(NS(=O)(=O)c3ccccc3C(F)(F)F)cc2s1)c1ccc[nH]1. The Morgan fingerprint density at radius 1 is 1.06 bits per heavy atom. The van der Waals surface area contributed by atoms with Crippen LogP contribution in [-0.4, -0.2) is 24.3 Å². The van der Waals surface area contributed by atoms with E-state index >= 15 is 0 Å². The van der Waals surface area contributed by atoms with Gasteiger partial charge in [-0.1, -0.05) is 23.5 Å². The minimum Gasteiger partial charge on any atom is -0.357 e. The average Bonchev–Trinajstić information content (AvgIpc) is 3.36. The molecule has 0 spiro atoms. The molecule has 0 aliphatic carbocycles. The summed E-state index contributed by atoms with van der Waals surface area (Å²) in [5.41, 5.74) is -0.354. The van der Waals surface area contributed by atoms with Crippen LogP contribution in [-0.2, 0) is 16.2 Å². The molecule has 0 bridgehead atoms. The van der Waals surface area contributed by atoms with E-state index in [1.807, 2.05) is 0 Å². The van der Waals surface area contributed by atoms with Crippen molar-refractivity contribution in [2.24, 2.45) is 0 Å². The van der Waals surface area contributed by atoms with Gasteiger partial charge in [-0.05, 0) is 42.5 Å². The molecular weight excluding hydrogens is 453 g/mol. The number of aromatic nitrogens is 2. The van der Waals surface area contributed by atoms with Gasteiger partial charge in [0.2, 0.25) is 0 Å². The molecule has 160 valence electrons. The number of hydrogen-bond acceptors (Lipinski definition) is 5. The molecule has 7 nitrogen and oxygen atoms in total. The first-order valence-electron chi connectivity index (χ1n) is 8.68. The van der Waals surface area contributed by atoms with Gasteiger partial charge in [0.25, 0.3) is 15.9 Å². The molecule has 1 amide bonds. The van der Waals surface area contributed by atoms with Crippen LogP contribution in [0, 0.1) is 0 Å². The zero-order valence-electron chi connectivity index (χ0n) is 15.4. The maximum absolute atomic E-state index is 13.2. The standard InChI is InChI=1S/C19H13F3N4O3S2/c20-19(21,22)12-4-1-2-6-16(12)31(28,29)26-11-7-8-13-15(10-11)30-18(24-13)25-17(27)14-5-3-9-23-14/h1-10,23,26H,(H,24,25,27). The Morgan fingerprint density at radius 2 is 1.84 bits per heavy atom. The van der Waals surface area contributed by atoms with Crippen molar-refractivity contribution in [3.8, 4) is 0 Å². The van der Waals surface area contributed by atoms with E-state index in [1.165, 1.54) is 24.3 Å². The maximum atomic E-state index is 13.2. The number of aromatic amines is 1. The molecule has 0 fully saturated rings. The van der Waals surface area contributed by atoms with Crippen molar-refractivity contribution in [3.05, 3.63) is 72.1 Å². The first-order chi connectivity index (χ1) is 14.6. The molecular formula is C19H13F3N4O3S2. The second kappa shape index (κ2) is 7.71. The number of thiazole rings is 1. The number of carbonyl (C=O) groups is 1. The van der Waals surface area contributed by atoms with E-state index in [4.69, 9.17) is 0 Å². The Balaban J connectivity index is 1.60. The van der Waals surface area contributed by atoms with E-state index in [0.29, 0.717) is 22.0 Å². The van der Waals surface area contributed by atoms with Crippen molar-refractivity contribution < 1.29 is 26.4 Å². The summed E-state index contributed by atoms with van der Waals surface area (Å²) in [6, 6.07) is 11.5. The lowest BCUT2D eigenvalue weighted by Crippen LogP contribution is -2.18. The van der Waals surface area contributed by atoms with Crippen LogP contribution >= 0.6 is 11.3 Å². The van der Waals surface area contributed by atoms with E-state index in [-0.39, 0.29) is 10.8 Å². The molecule has 2 heterocycles. The molecule has 0 saturated heterocycles. The van der Waals surface area contributed by atoms with Crippen LogP contribution in [0.25, 0.3) is 10.2 Å². The molecule has 0 radical (unpaired) electrons. The van der Waals surface area contributed by atoms with E-state index < -0.39 is 32.6 Å². The topological polar surface area (TPSA) is 104 Å². The lowest BCUT2D eigenvalue weighted by Gasteiger charge is -2.14. The quantitative estimate of drug-likeness (QED) is 0.397. The molecule has 31 heavy (non-hydrogen) atoms. The van der Waals surface area contributed by atoms with Crippen molar-refractivity contribution in [2.45, 2.75) is 11.1 Å². The van der Waals surface area contributed by atoms with E-state index in [9.17, 15) is 26.4 Å². The Morgan fingerprint density at radius 3 is 2.55 bits per heavy atom. The minimum atomic E-state index is -4.82. The third-order valence-electron chi connectivity index (χ3n) is 4.19. The Hall–Kier alpha value is -3.38. The summed E-state index contributed by atoms with van der Waals surface area (Å²) in [4.78, 5) is 18.3. The van der Waals surface area contributed by atoms with Gasteiger partial charge in [0, 0.05) is 6.20 Å². The summed E-state index contributed by atoms with van der Waals surface area (Å²) in [5.74, 6) is -0.395. The smallest absolute Gasteiger partial charge is 0.357 e. The first-order valence-corrected chi connectivity index (χ1v) is 11.0.